The standard InChI is InChI=1S/C24H32N6S.HI/c1-19-20(18-30(28-19)22-9-4-3-5-10-22)8-6-14-26-24(25-2)27-21-12-15-29(16-13-21)23-11-7-17-31-23;/h3-5,7,9-11,17-18,21H,6,8,12-16H2,1-2H3,(H2,25,26,27);1H. The first-order valence-electron chi connectivity index (χ1n) is 11.1. The molecule has 172 valence electrons. The maximum atomic E-state index is 4.67. The molecule has 0 spiro atoms. The van der Waals surface area contributed by atoms with E-state index in [4.69, 9.17) is 0 Å². The second-order valence-corrected chi connectivity index (χ2v) is 8.91. The van der Waals surface area contributed by atoms with Crippen LogP contribution in [-0.2, 0) is 6.42 Å². The number of aliphatic imine (C=N–C) groups is 1. The lowest BCUT2D eigenvalue weighted by atomic mass is 10.1. The molecule has 0 atom stereocenters. The molecule has 3 heterocycles. The molecule has 32 heavy (non-hydrogen) atoms. The number of hydrogen-bond donors (Lipinski definition) is 2. The number of para-hydroxylation sites is 1. The lowest BCUT2D eigenvalue weighted by molar-refractivity contribution is 0.462. The summed E-state index contributed by atoms with van der Waals surface area (Å²) in [6.07, 6.45) is 6.47. The number of hydrogen-bond acceptors (Lipinski definition) is 4. The Morgan fingerprint density at radius 3 is 2.62 bits per heavy atom. The predicted molar refractivity (Wildman–Crippen MR) is 146 cm³/mol. The van der Waals surface area contributed by atoms with Gasteiger partial charge in [-0.1, -0.05) is 18.2 Å². The minimum atomic E-state index is 0. The maximum absolute atomic E-state index is 4.67. The van der Waals surface area contributed by atoms with Gasteiger partial charge in [0.15, 0.2) is 5.96 Å². The van der Waals surface area contributed by atoms with E-state index in [0.29, 0.717) is 6.04 Å². The predicted octanol–water partition coefficient (Wildman–Crippen LogP) is 4.63. The van der Waals surface area contributed by atoms with Crippen LogP contribution in [0.2, 0.25) is 0 Å². The summed E-state index contributed by atoms with van der Waals surface area (Å²) < 4.78 is 1.97. The molecule has 1 aliphatic heterocycles. The van der Waals surface area contributed by atoms with Crippen molar-refractivity contribution in [3.8, 4) is 5.69 Å². The number of aryl methyl sites for hydroxylation is 2. The van der Waals surface area contributed by atoms with Crippen LogP contribution in [0.4, 0.5) is 5.00 Å². The molecule has 3 aromatic rings. The Labute approximate surface area is 212 Å². The van der Waals surface area contributed by atoms with Crippen LogP contribution in [-0.4, -0.2) is 48.5 Å². The Bertz CT molecular complexity index is 962. The van der Waals surface area contributed by atoms with Crippen molar-refractivity contribution in [1.82, 2.24) is 20.4 Å². The van der Waals surface area contributed by atoms with Gasteiger partial charge in [-0.25, -0.2) is 4.68 Å². The number of nitrogens with one attached hydrogen (secondary N) is 2. The van der Waals surface area contributed by atoms with Crippen LogP contribution in [0.25, 0.3) is 5.69 Å². The fourth-order valence-electron chi connectivity index (χ4n) is 4.02. The summed E-state index contributed by atoms with van der Waals surface area (Å²) in [5.74, 6) is 0.909. The van der Waals surface area contributed by atoms with E-state index in [1.807, 2.05) is 41.3 Å². The van der Waals surface area contributed by atoms with E-state index in [1.54, 1.807) is 0 Å². The summed E-state index contributed by atoms with van der Waals surface area (Å²) in [6.45, 7) is 5.18. The highest BCUT2D eigenvalue weighted by Gasteiger charge is 2.20. The Morgan fingerprint density at radius 2 is 1.94 bits per heavy atom. The average molecular weight is 565 g/mol. The van der Waals surface area contributed by atoms with Gasteiger partial charge in [0.25, 0.3) is 0 Å². The van der Waals surface area contributed by atoms with Gasteiger partial charge in [0.2, 0.25) is 0 Å². The van der Waals surface area contributed by atoms with Crippen molar-refractivity contribution >= 4 is 46.3 Å². The molecule has 4 rings (SSSR count). The molecule has 0 radical (unpaired) electrons. The van der Waals surface area contributed by atoms with Gasteiger partial charge in [-0.15, -0.1) is 35.3 Å². The molecule has 0 unspecified atom stereocenters. The van der Waals surface area contributed by atoms with Gasteiger partial charge in [-0.3, -0.25) is 4.99 Å². The fourth-order valence-corrected chi connectivity index (χ4v) is 4.81. The Balaban J connectivity index is 0.00000289. The SMILES string of the molecule is CN=C(NCCCc1cn(-c2ccccc2)nc1C)NC1CCN(c2cccs2)CC1.I. The van der Waals surface area contributed by atoms with Gasteiger partial charge in [-0.05, 0) is 67.8 Å². The quantitative estimate of drug-likeness (QED) is 0.190. The second kappa shape index (κ2) is 12.2. The maximum Gasteiger partial charge on any atom is 0.191 e. The Kier molecular flexibility index (Phi) is 9.40. The second-order valence-electron chi connectivity index (χ2n) is 7.98. The van der Waals surface area contributed by atoms with Crippen LogP contribution in [0, 0.1) is 6.92 Å². The molecule has 1 aliphatic rings. The smallest absolute Gasteiger partial charge is 0.191 e. The highest BCUT2D eigenvalue weighted by atomic mass is 127. The normalized spacial score (nSPS) is 14.8. The van der Waals surface area contributed by atoms with E-state index in [9.17, 15) is 0 Å². The number of piperidine rings is 1. The summed E-state index contributed by atoms with van der Waals surface area (Å²) in [4.78, 5) is 6.91. The molecule has 0 amide bonds. The number of nitrogens with zero attached hydrogens (tertiary/aromatic N) is 4. The number of thiophene rings is 1. The molecule has 1 saturated heterocycles. The third-order valence-corrected chi connectivity index (χ3v) is 6.74. The van der Waals surface area contributed by atoms with Gasteiger partial charge >= 0.3 is 0 Å². The third kappa shape index (κ3) is 6.48. The summed E-state index contributed by atoms with van der Waals surface area (Å²) in [6, 6.07) is 15.1. The summed E-state index contributed by atoms with van der Waals surface area (Å²) in [5.41, 5.74) is 3.50. The number of halogens is 1. The van der Waals surface area contributed by atoms with Crippen LogP contribution < -0.4 is 15.5 Å². The molecule has 1 aromatic carbocycles. The summed E-state index contributed by atoms with van der Waals surface area (Å²) in [7, 11) is 1.85. The lowest BCUT2D eigenvalue weighted by Crippen LogP contribution is -2.48. The molecule has 6 nitrogen and oxygen atoms in total. The number of guanidine groups is 1. The number of aromatic nitrogens is 2. The first kappa shape index (κ1) is 24.6. The largest absolute Gasteiger partial charge is 0.363 e. The van der Waals surface area contributed by atoms with Crippen molar-refractivity contribution in [3.05, 3.63) is 65.3 Å². The zero-order chi connectivity index (χ0) is 21.5. The van der Waals surface area contributed by atoms with Crippen LogP contribution in [0.15, 0.2) is 59.0 Å². The summed E-state index contributed by atoms with van der Waals surface area (Å²) >= 11 is 1.83. The highest BCUT2D eigenvalue weighted by Crippen LogP contribution is 2.24. The van der Waals surface area contributed by atoms with Crippen molar-refractivity contribution in [2.75, 3.05) is 31.6 Å². The van der Waals surface area contributed by atoms with E-state index in [2.05, 4.69) is 68.4 Å². The van der Waals surface area contributed by atoms with Gasteiger partial charge in [-0.2, -0.15) is 5.10 Å². The van der Waals surface area contributed by atoms with E-state index in [-0.39, 0.29) is 24.0 Å². The Morgan fingerprint density at radius 1 is 1.16 bits per heavy atom. The van der Waals surface area contributed by atoms with Gasteiger partial charge in [0.1, 0.15) is 0 Å². The number of rotatable bonds is 7. The van der Waals surface area contributed by atoms with E-state index in [1.165, 1.54) is 10.6 Å². The zero-order valence-corrected chi connectivity index (χ0v) is 22.0. The van der Waals surface area contributed by atoms with Crippen LogP contribution in [0.5, 0.6) is 0 Å². The molecular formula is C24H33IN6S. The minimum absolute atomic E-state index is 0. The fraction of sp³-hybridized carbons (Fsp3) is 0.417. The molecule has 2 N–H and O–H groups in total. The monoisotopic (exact) mass is 564 g/mol. The number of anilines is 1. The highest BCUT2D eigenvalue weighted by molar-refractivity contribution is 14.0. The van der Waals surface area contributed by atoms with Crippen molar-refractivity contribution in [2.24, 2.45) is 4.99 Å². The molecular weight excluding hydrogens is 531 g/mol. The van der Waals surface area contributed by atoms with E-state index < -0.39 is 0 Å². The third-order valence-electron chi connectivity index (χ3n) is 5.81. The molecule has 2 aromatic heterocycles. The van der Waals surface area contributed by atoms with Gasteiger partial charge < -0.3 is 15.5 Å². The minimum Gasteiger partial charge on any atom is -0.363 e. The van der Waals surface area contributed by atoms with Crippen molar-refractivity contribution in [2.45, 2.75) is 38.6 Å². The Hall–Kier alpha value is -2.07. The van der Waals surface area contributed by atoms with Crippen LogP contribution in [0.3, 0.4) is 0 Å². The molecule has 1 fully saturated rings. The van der Waals surface area contributed by atoms with E-state index in [0.717, 1.165) is 62.7 Å². The van der Waals surface area contributed by atoms with Crippen molar-refractivity contribution < 1.29 is 0 Å². The van der Waals surface area contributed by atoms with Crippen molar-refractivity contribution in [1.29, 1.82) is 0 Å². The van der Waals surface area contributed by atoms with Gasteiger partial charge in [0, 0.05) is 38.9 Å². The molecule has 0 saturated carbocycles. The van der Waals surface area contributed by atoms with Crippen LogP contribution in [0.1, 0.15) is 30.5 Å². The number of benzene rings is 1. The van der Waals surface area contributed by atoms with Crippen LogP contribution >= 0.6 is 35.3 Å². The summed E-state index contributed by atoms with van der Waals surface area (Å²) in [5, 5.41) is 15.3. The molecule has 0 aliphatic carbocycles. The first-order chi connectivity index (χ1) is 15.2. The molecule has 0 bridgehead atoms. The average Bonchev–Trinajstić information content (AvgIpc) is 3.47. The topological polar surface area (TPSA) is 57.5 Å². The van der Waals surface area contributed by atoms with Gasteiger partial charge in [0.05, 0.1) is 16.4 Å². The first-order valence-corrected chi connectivity index (χ1v) is 12.0. The lowest BCUT2D eigenvalue weighted by Gasteiger charge is -2.33. The van der Waals surface area contributed by atoms with Crippen molar-refractivity contribution in [3.63, 3.8) is 0 Å². The van der Waals surface area contributed by atoms with E-state index >= 15 is 0 Å². The molecule has 8 heteroatoms. The zero-order valence-electron chi connectivity index (χ0n) is 18.8.